The highest BCUT2D eigenvalue weighted by atomic mass is 35.5. The largest absolute Gasteiger partial charge is 0.496 e. The molecule has 0 aliphatic carbocycles. The van der Waals surface area contributed by atoms with Gasteiger partial charge in [0.25, 0.3) is 0 Å². The van der Waals surface area contributed by atoms with Crippen LogP contribution in [0.5, 0.6) is 5.75 Å². The van der Waals surface area contributed by atoms with Crippen LogP contribution in [0.4, 0.5) is 0 Å². The van der Waals surface area contributed by atoms with Gasteiger partial charge in [-0.15, -0.1) is 11.6 Å². The van der Waals surface area contributed by atoms with E-state index < -0.39 is 0 Å². The molecule has 0 aliphatic rings. The predicted octanol–water partition coefficient (Wildman–Crippen LogP) is 3.03. The van der Waals surface area contributed by atoms with Crippen LogP contribution < -0.4 is 10.1 Å². The molecule has 0 atom stereocenters. The molecule has 0 heterocycles. The van der Waals surface area contributed by atoms with Gasteiger partial charge < -0.3 is 10.1 Å². The standard InChI is InChI=1S/C13H20ClNO/c1-10-7-11(2)12(13(8-10)16-3)9-15-6-4-5-14/h7-8,15H,4-6,9H2,1-3H3. The summed E-state index contributed by atoms with van der Waals surface area (Å²) in [6, 6.07) is 4.26. The molecule has 0 fully saturated rings. The van der Waals surface area contributed by atoms with Gasteiger partial charge in [-0.25, -0.2) is 0 Å². The molecule has 90 valence electrons. The van der Waals surface area contributed by atoms with Crippen molar-refractivity contribution in [3.63, 3.8) is 0 Å². The molecule has 1 rings (SSSR count). The molecule has 0 saturated carbocycles. The van der Waals surface area contributed by atoms with Gasteiger partial charge in [0, 0.05) is 18.0 Å². The second-order valence-electron chi connectivity index (χ2n) is 3.98. The number of nitrogens with one attached hydrogen (secondary N) is 1. The molecule has 0 radical (unpaired) electrons. The quantitative estimate of drug-likeness (QED) is 0.611. The van der Waals surface area contributed by atoms with Gasteiger partial charge in [0.2, 0.25) is 0 Å². The topological polar surface area (TPSA) is 21.3 Å². The number of hydrogen-bond donors (Lipinski definition) is 1. The van der Waals surface area contributed by atoms with Gasteiger partial charge in [0.15, 0.2) is 0 Å². The highest BCUT2D eigenvalue weighted by molar-refractivity contribution is 6.17. The van der Waals surface area contributed by atoms with E-state index in [9.17, 15) is 0 Å². The number of hydrogen-bond acceptors (Lipinski definition) is 2. The zero-order valence-electron chi connectivity index (χ0n) is 10.3. The van der Waals surface area contributed by atoms with E-state index in [4.69, 9.17) is 16.3 Å². The lowest BCUT2D eigenvalue weighted by atomic mass is 10.0. The molecule has 3 heteroatoms. The minimum absolute atomic E-state index is 0.705. The number of ether oxygens (including phenoxy) is 1. The first-order valence-electron chi connectivity index (χ1n) is 5.59. The van der Waals surface area contributed by atoms with Crippen molar-refractivity contribution in [1.82, 2.24) is 5.32 Å². The normalized spacial score (nSPS) is 10.5. The van der Waals surface area contributed by atoms with Crippen LogP contribution in [0.1, 0.15) is 23.1 Å². The maximum Gasteiger partial charge on any atom is 0.123 e. The number of methoxy groups -OCH3 is 1. The number of aryl methyl sites for hydroxylation is 2. The molecule has 1 N–H and O–H groups in total. The average molecular weight is 242 g/mol. The minimum atomic E-state index is 0.705. The summed E-state index contributed by atoms with van der Waals surface area (Å²) in [6.07, 6.45) is 0.995. The Morgan fingerprint density at radius 3 is 2.69 bits per heavy atom. The predicted molar refractivity (Wildman–Crippen MR) is 69.5 cm³/mol. The summed E-state index contributed by atoms with van der Waals surface area (Å²) >= 11 is 5.63. The fourth-order valence-corrected chi connectivity index (χ4v) is 1.91. The number of rotatable bonds is 6. The van der Waals surface area contributed by atoms with Crippen LogP contribution in [-0.4, -0.2) is 19.5 Å². The average Bonchev–Trinajstić information content (AvgIpc) is 2.26. The van der Waals surface area contributed by atoms with Crippen molar-refractivity contribution in [3.05, 3.63) is 28.8 Å². The Labute approximate surface area is 103 Å². The van der Waals surface area contributed by atoms with E-state index in [1.807, 2.05) is 0 Å². The van der Waals surface area contributed by atoms with Crippen molar-refractivity contribution < 1.29 is 4.74 Å². The zero-order valence-corrected chi connectivity index (χ0v) is 11.0. The SMILES string of the molecule is COc1cc(C)cc(C)c1CNCCCCl. The van der Waals surface area contributed by atoms with Crippen molar-refractivity contribution in [1.29, 1.82) is 0 Å². The van der Waals surface area contributed by atoms with Gasteiger partial charge >= 0.3 is 0 Å². The fourth-order valence-electron chi connectivity index (χ4n) is 1.77. The van der Waals surface area contributed by atoms with Crippen LogP contribution in [0.25, 0.3) is 0 Å². The van der Waals surface area contributed by atoms with Crippen molar-refractivity contribution in [2.45, 2.75) is 26.8 Å². The van der Waals surface area contributed by atoms with Crippen molar-refractivity contribution in [2.75, 3.05) is 19.5 Å². The summed E-state index contributed by atoms with van der Waals surface area (Å²) in [5, 5.41) is 3.37. The molecule has 1 aromatic carbocycles. The molecule has 0 aliphatic heterocycles. The third-order valence-electron chi connectivity index (χ3n) is 2.59. The maximum absolute atomic E-state index is 5.63. The molecular formula is C13H20ClNO. The van der Waals surface area contributed by atoms with E-state index in [2.05, 4.69) is 31.3 Å². The lowest BCUT2D eigenvalue weighted by Gasteiger charge is -2.13. The third-order valence-corrected chi connectivity index (χ3v) is 2.85. The monoisotopic (exact) mass is 241 g/mol. The zero-order chi connectivity index (χ0) is 12.0. The van der Waals surface area contributed by atoms with Crippen molar-refractivity contribution in [3.8, 4) is 5.75 Å². The summed E-state index contributed by atoms with van der Waals surface area (Å²) in [5.74, 6) is 1.67. The van der Waals surface area contributed by atoms with Gasteiger partial charge in [-0.3, -0.25) is 0 Å². The van der Waals surface area contributed by atoms with E-state index in [0.29, 0.717) is 5.88 Å². The highest BCUT2D eigenvalue weighted by Gasteiger charge is 2.06. The van der Waals surface area contributed by atoms with Crippen LogP contribution in [0.15, 0.2) is 12.1 Å². The Balaban J connectivity index is 2.70. The Hall–Kier alpha value is -0.730. The lowest BCUT2D eigenvalue weighted by molar-refractivity contribution is 0.407. The smallest absolute Gasteiger partial charge is 0.123 e. The fraction of sp³-hybridized carbons (Fsp3) is 0.538. The Morgan fingerprint density at radius 2 is 2.06 bits per heavy atom. The first-order valence-corrected chi connectivity index (χ1v) is 6.13. The molecule has 0 amide bonds. The van der Waals surface area contributed by atoms with Gasteiger partial charge in [-0.1, -0.05) is 6.07 Å². The van der Waals surface area contributed by atoms with E-state index in [0.717, 1.165) is 25.3 Å². The van der Waals surface area contributed by atoms with Gasteiger partial charge in [0.1, 0.15) is 5.75 Å². The van der Waals surface area contributed by atoms with E-state index in [1.165, 1.54) is 16.7 Å². The van der Waals surface area contributed by atoms with Gasteiger partial charge in [-0.2, -0.15) is 0 Å². The second-order valence-corrected chi connectivity index (χ2v) is 4.36. The summed E-state index contributed by atoms with van der Waals surface area (Å²) in [4.78, 5) is 0. The first-order chi connectivity index (χ1) is 7.69. The van der Waals surface area contributed by atoms with Gasteiger partial charge in [-0.05, 0) is 44.0 Å². The third kappa shape index (κ3) is 3.69. The second kappa shape index (κ2) is 6.77. The Kier molecular flexibility index (Phi) is 5.64. The summed E-state index contributed by atoms with van der Waals surface area (Å²) in [5.41, 5.74) is 3.75. The van der Waals surface area contributed by atoms with E-state index in [1.54, 1.807) is 7.11 Å². The van der Waals surface area contributed by atoms with Crippen molar-refractivity contribution >= 4 is 11.6 Å². The molecule has 0 unspecified atom stereocenters. The number of benzene rings is 1. The molecule has 0 saturated heterocycles. The molecule has 0 aromatic heterocycles. The molecular weight excluding hydrogens is 222 g/mol. The Morgan fingerprint density at radius 1 is 1.31 bits per heavy atom. The highest BCUT2D eigenvalue weighted by Crippen LogP contribution is 2.23. The van der Waals surface area contributed by atoms with E-state index >= 15 is 0 Å². The minimum Gasteiger partial charge on any atom is -0.496 e. The van der Waals surface area contributed by atoms with E-state index in [-0.39, 0.29) is 0 Å². The number of halogens is 1. The molecule has 1 aromatic rings. The molecule has 0 spiro atoms. The Bertz CT molecular complexity index is 339. The van der Waals surface area contributed by atoms with Crippen molar-refractivity contribution in [2.24, 2.45) is 0 Å². The summed E-state index contributed by atoms with van der Waals surface area (Å²) in [6.45, 7) is 5.99. The van der Waals surface area contributed by atoms with Crippen LogP contribution in [0.2, 0.25) is 0 Å². The summed E-state index contributed by atoms with van der Waals surface area (Å²) in [7, 11) is 1.72. The maximum atomic E-state index is 5.63. The molecule has 16 heavy (non-hydrogen) atoms. The van der Waals surface area contributed by atoms with Crippen LogP contribution in [0, 0.1) is 13.8 Å². The lowest BCUT2D eigenvalue weighted by Crippen LogP contribution is -2.16. The molecule has 0 bridgehead atoms. The van der Waals surface area contributed by atoms with Crippen LogP contribution in [-0.2, 0) is 6.54 Å². The van der Waals surface area contributed by atoms with Crippen LogP contribution >= 0.6 is 11.6 Å². The molecule has 2 nitrogen and oxygen atoms in total. The first kappa shape index (κ1) is 13.3. The summed E-state index contributed by atoms with van der Waals surface area (Å²) < 4.78 is 5.40. The number of alkyl halides is 1. The van der Waals surface area contributed by atoms with Gasteiger partial charge in [0.05, 0.1) is 7.11 Å². The van der Waals surface area contributed by atoms with Crippen LogP contribution in [0.3, 0.4) is 0 Å².